The van der Waals surface area contributed by atoms with E-state index in [4.69, 9.17) is 9.84 Å². The molecule has 0 saturated carbocycles. The lowest BCUT2D eigenvalue weighted by Crippen LogP contribution is -2.24. The van der Waals surface area contributed by atoms with Crippen molar-refractivity contribution in [1.82, 2.24) is 14.2 Å². The molecular formula is C15H13N3O4. The Bertz CT molecular complexity index is 911. The van der Waals surface area contributed by atoms with Gasteiger partial charge in [-0.3, -0.25) is 9.59 Å². The largest absolute Gasteiger partial charge is 0.497 e. The van der Waals surface area contributed by atoms with Crippen LogP contribution in [0.15, 0.2) is 47.5 Å². The van der Waals surface area contributed by atoms with E-state index in [2.05, 4.69) is 5.10 Å². The number of hydrogen-bond donors (Lipinski definition) is 1. The lowest BCUT2D eigenvalue weighted by atomic mass is 10.1. The van der Waals surface area contributed by atoms with Gasteiger partial charge in [0.2, 0.25) is 0 Å². The van der Waals surface area contributed by atoms with Crippen molar-refractivity contribution in [3.05, 3.63) is 53.1 Å². The minimum Gasteiger partial charge on any atom is -0.497 e. The summed E-state index contributed by atoms with van der Waals surface area (Å²) < 4.78 is 7.74. The van der Waals surface area contributed by atoms with Gasteiger partial charge in [0.1, 0.15) is 17.8 Å². The van der Waals surface area contributed by atoms with E-state index >= 15 is 0 Å². The fraction of sp³-hybridized carbons (Fsp3) is 0.133. The zero-order valence-electron chi connectivity index (χ0n) is 11.8. The topological polar surface area (TPSA) is 85.8 Å². The molecule has 0 amide bonds. The van der Waals surface area contributed by atoms with Crippen molar-refractivity contribution < 1.29 is 14.6 Å². The quantitative estimate of drug-likeness (QED) is 0.783. The Morgan fingerprint density at radius 1 is 1.32 bits per heavy atom. The normalized spacial score (nSPS) is 10.8. The summed E-state index contributed by atoms with van der Waals surface area (Å²) in [5, 5.41) is 13.1. The third kappa shape index (κ3) is 2.44. The van der Waals surface area contributed by atoms with Crippen LogP contribution in [0, 0.1) is 0 Å². The van der Waals surface area contributed by atoms with Gasteiger partial charge in [0, 0.05) is 18.0 Å². The first-order chi connectivity index (χ1) is 10.6. The Kier molecular flexibility index (Phi) is 3.38. The first-order valence-corrected chi connectivity index (χ1v) is 6.53. The number of hydrogen-bond acceptors (Lipinski definition) is 4. The van der Waals surface area contributed by atoms with Crippen LogP contribution in [0.4, 0.5) is 0 Å². The SMILES string of the molecule is COc1cccc(-c2cc3c(=O)n(CC(=O)O)ccn3n2)c1. The van der Waals surface area contributed by atoms with E-state index in [1.807, 2.05) is 24.3 Å². The summed E-state index contributed by atoms with van der Waals surface area (Å²) in [6, 6.07) is 8.97. The maximum absolute atomic E-state index is 12.2. The Labute approximate surface area is 125 Å². The Morgan fingerprint density at radius 2 is 2.14 bits per heavy atom. The molecular weight excluding hydrogens is 286 g/mol. The van der Waals surface area contributed by atoms with Crippen LogP contribution in [-0.2, 0) is 11.3 Å². The van der Waals surface area contributed by atoms with E-state index in [-0.39, 0.29) is 6.54 Å². The average molecular weight is 299 g/mol. The van der Waals surface area contributed by atoms with Gasteiger partial charge < -0.3 is 14.4 Å². The predicted molar refractivity (Wildman–Crippen MR) is 79.1 cm³/mol. The first-order valence-electron chi connectivity index (χ1n) is 6.53. The molecule has 7 nitrogen and oxygen atoms in total. The second kappa shape index (κ2) is 5.36. The number of aliphatic carboxylic acids is 1. The highest BCUT2D eigenvalue weighted by atomic mass is 16.5. The average Bonchev–Trinajstić information content (AvgIpc) is 2.95. The van der Waals surface area contributed by atoms with Crippen molar-refractivity contribution >= 4 is 11.5 Å². The van der Waals surface area contributed by atoms with Crippen LogP contribution < -0.4 is 10.3 Å². The molecule has 112 valence electrons. The van der Waals surface area contributed by atoms with Crippen molar-refractivity contribution in [3.8, 4) is 17.0 Å². The summed E-state index contributed by atoms with van der Waals surface area (Å²) in [6.45, 7) is -0.380. The molecule has 7 heteroatoms. The fourth-order valence-electron chi connectivity index (χ4n) is 2.22. The van der Waals surface area contributed by atoms with Crippen LogP contribution in [-0.4, -0.2) is 32.4 Å². The molecule has 0 atom stereocenters. The molecule has 2 heterocycles. The third-order valence-corrected chi connectivity index (χ3v) is 3.27. The molecule has 22 heavy (non-hydrogen) atoms. The lowest BCUT2D eigenvalue weighted by Gasteiger charge is -2.01. The van der Waals surface area contributed by atoms with E-state index < -0.39 is 11.5 Å². The summed E-state index contributed by atoms with van der Waals surface area (Å²) in [5.41, 5.74) is 1.35. The number of fused-ring (bicyclic) bond motifs is 1. The van der Waals surface area contributed by atoms with Crippen molar-refractivity contribution in [2.24, 2.45) is 0 Å². The maximum atomic E-state index is 12.2. The molecule has 1 aromatic carbocycles. The van der Waals surface area contributed by atoms with Crippen molar-refractivity contribution in [1.29, 1.82) is 0 Å². The van der Waals surface area contributed by atoms with Gasteiger partial charge >= 0.3 is 5.97 Å². The third-order valence-electron chi connectivity index (χ3n) is 3.27. The molecule has 0 fully saturated rings. The van der Waals surface area contributed by atoms with Gasteiger partial charge in [0.25, 0.3) is 5.56 Å². The second-order valence-corrected chi connectivity index (χ2v) is 4.72. The summed E-state index contributed by atoms with van der Waals surface area (Å²) in [6.07, 6.45) is 2.97. The molecule has 3 rings (SSSR count). The number of aromatic nitrogens is 3. The number of carboxylic acids is 1. The van der Waals surface area contributed by atoms with Crippen LogP contribution in [0.1, 0.15) is 0 Å². The van der Waals surface area contributed by atoms with E-state index in [0.717, 1.165) is 10.1 Å². The van der Waals surface area contributed by atoms with E-state index in [0.29, 0.717) is 17.0 Å². The number of ether oxygens (including phenoxy) is 1. The van der Waals surface area contributed by atoms with Crippen LogP contribution in [0.3, 0.4) is 0 Å². The molecule has 0 aliphatic rings. The molecule has 2 aromatic heterocycles. The monoisotopic (exact) mass is 299 g/mol. The highest BCUT2D eigenvalue weighted by molar-refractivity contribution is 5.68. The van der Waals surface area contributed by atoms with Gasteiger partial charge in [0.15, 0.2) is 0 Å². The molecule has 0 unspecified atom stereocenters. The van der Waals surface area contributed by atoms with Crippen LogP contribution in [0.25, 0.3) is 16.8 Å². The van der Waals surface area contributed by atoms with Gasteiger partial charge in [-0.15, -0.1) is 0 Å². The summed E-state index contributed by atoms with van der Waals surface area (Å²) in [7, 11) is 1.58. The highest BCUT2D eigenvalue weighted by Gasteiger charge is 2.11. The highest BCUT2D eigenvalue weighted by Crippen LogP contribution is 2.22. The minimum atomic E-state index is -1.07. The number of benzene rings is 1. The van der Waals surface area contributed by atoms with Gasteiger partial charge in [-0.05, 0) is 18.2 Å². The van der Waals surface area contributed by atoms with Crippen LogP contribution in [0.2, 0.25) is 0 Å². The zero-order chi connectivity index (χ0) is 15.7. The van der Waals surface area contributed by atoms with Gasteiger partial charge in [-0.1, -0.05) is 12.1 Å². The molecule has 3 aromatic rings. The molecule has 0 bridgehead atoms. The number of nitrogens with zero attached hydrogens (tertiary/aromatic N) is 3. The standard InChI is InChI=1S/C15H13N3O4/c1-22-11-4-2-3-10(7-11)12-8-13-15(21)17(9-14(19)20)5-6-18(13)16-12/h2-8H,9H2,1H3,(H,19,20). The molecule has 0 saturated heterocycles. The lowest BCUT2D eigenvalue weighted by molar-refractivity contribution is -0.137. The minimum absolute atomic E-state index is 0.321. The molecule has 1 N–H and O–H groups in total. The van der Waals surface area contributed by atoms with E-state index in [1.54, 1.807) is 19.4 Å². The number of carbonyl (C=O) groups is 1. The number of carboxylic acid groups (broad SMARTS) is 1. The van der Waals surface area contributed by atoms with Gasteiger partial charge in [0.05, 0.1) is 12.8 Å². The Hall–Kier alpha value is -3.09. The number of methoxy groups -OCH3 is 1. The second-order valence-electron chi connectivity index (χ2n) is 4.72. The Balaban J connectivity index is 2.11. The summed E-state index contributed by atoms with van der Waals surface area (Å²) in [5.74, 6) is -0.378. The van der Waals surface area contributed by atoms with Crippen molar-refractivity contribution in [2.75, 3.05) is 7.11 Å². The number of rotatable bonds is 4. The van der Waals surface area contributed by atoms with Gasteiger partial charge in [-0.2, -0.15) is 5.10 Å². The van der Waals surface area contributed by atoms with Crippen LogP contribution >= 0.6 is 0 Å². The Morgan fingerprint density at radius 3 is 2.86 bits per heavy atom. The molecule has 0 aliphatic heterocycles. The van der Waals surface area contributed by atoms with Crippen molar-refractivity contribution in [3.63, 3.8) is 0 Å². The predicted octanol–water partition coefficient (Wildman–Crippen LogP) is 1.26. The fourth-order valence-corrected chi connectivity index (χ4v) is 2.22. The zero-order valence-corrected chi connectivity index (χ0v) is 11.8. The molecule has 0 radical (unpaired) electrons. The first kappa shape index (κ1) is 13.9. The van der Waals surface area contributed by atoms with Crippen molar-refractivity contribution in [2.45, 2.75) is 6.54 Å². The van der Waals surface area contributed by atoms with E-state index in [1.165, 1.54) is 10.7 Å². The maximum Gasteiger partial charge on any atom is 0.323 e. The summed E-state index contributed by atoms with van der Waals surface area (Å²) >= 11 is 0. The molecule has 0 spiro atoms. The van der Waals surface area contributed by atoms with Gasteiger partial charge in [-0.25, -0.2) is 4.52 Å². The van der Waals surface area contributed by atoms with Crippen LogP contribution in [0.5, 0.6) is 5.75 Å². The molecule has 0 aliphatic carbocycles. The van der Waals surface area contributed by atoms with E-state index in [9.17, 15) is 9.59 Å². The summed E-state index contributed by atoms with van der Waals surface area (Å²) in [4.78, 5) is 23.0. The smallest absolute Gasteiger partial charge is 0.323 e.